The van der Waals surface area contributed by atoms with Crippen LogP contribution in [0.5, 0.6) is 11.5 Å². The molecule has 2 N–H and O–H groups in total. The number of carbonyl (C=O) groups is 1. The van der Waals surface area contributed by atoms with Gasteiger partial charge in [0.2, 0.25) is 0 Å². The number of hydrogen-bond donors (Lipinski definition) is 2. The van der Waals surface area contributed by atoms with Gasteiger partial charge < -0.3 is 10.2 Å². The Bertz CT molecular complexity index is 459. The zero-order valence-corrected chi connectivity index (χ0v) is 10.4. The Morgan fingerprint density at radius 2 is 1.94 bits per heavy atom. The summed E-state index contributed by atoms with van der Waals surface area (Å²) >= 11 is 0. The average molecular weight is 234 g/mol. The first-order chi connectivity index (χ1) is 7.99. The zero-order chi connectivity index (χ0) is 13.0. The quantitative estimate of drug-likeness (QED) is 0.621. The Morgan fingerprint density at radius 3 is 2.53 bits per heavy atom. The van der Waals surface area contributed by atoms with Gasteiger partial charge in [-0.05, 0) is 38.0 Å². The molecule has 3 heteroatoms. The van der Waals surface area contributed by atoms with Crippen LogP contribution in [0.4, 0.5) is 0 Å². The molecule has 0 spiro atoms. The van der Waals surface area contributed by atoms with E-state index >= 15 is 0 Å². The fraction of sp³-hybridized carbons (Fsp3) is 0.357. The van der Waals surface area contributed by atoms with Crippen LogP contribution in [0.3, 0.4) is 0 Å². The molecule has 1 rings (SSSR count). The van der Waals surface area contributed by atoms with E-state index in [-0.39, 0.29) is 22.8 Å². The molecule has 3 nitrogen and oxygen atoms in total. The van der Waals surface area contributed by atoms with Crippen LogP contribution in [-0.2, 0) is 0 Å². The van der Waals surface area contributed by atoms with E-state index in [9.17, 15) is 15.0 Å². The van der Waals surface area contributed by atoms with Crippen molar-refractivity contribution in [1.82, 2.24) is 0 Å². The van der Waals surface area contributed by atoms with Gasteiger partial charge in [0.05, 0.1) is 5.56 Å². The van der Waals surface area contributed by atoms with Gasteiger partial charge in [-0.25, -0.2) is 0 Å². The molecule has 0 aliphatic rings. The van der Waals surface area contributed by atoms with Crippen molar-refractivity contribution in [1.29, 1.82) is 0 Å². The Hall–Kier alpha value is -1.77. The third-order valence-corrected chi connectivity index (χ3v) is 2.69. The summed E-state index contributed by atoms with van der Waals surface area (Å²) < 4.78 is 0. The van der Waals surface area contributed by atoms with Gasteiger partial charge in [0.25, 0.3) is 0 Å². The second kappa shape index (κ2) is 5.53. The lowest BCUT2D eigenvalue weighted by molar-refractivity contribution is 0.104. The highest BCUT2D eigenvalue weighted by atomic mass is 16.3. The Morgan fingerprint density at radius 1 is 1.29 bits per heavy atom. The summed E-state index contributed by atoms with van der Waals surface area (Å²) in [5.41, 5.74) is 1.18. The first-order valence-corrected chi connectivity index (χ1v) is 5.72. The second-order valence-corrected chi connectivity index (χ2v) is 4.12. The van der Waals surface area contributed by atoms with E-state index < -0.39 is 0 Å². The van der Waals surface area contributed by atoms with Crippen molar-refractivity contribution >= 4 is 5.78 Å². The van der Waals surface area contributed by atoms with Crippen LogP contribution >= 0.6 is 0 Å². The molecule has 92 valence electrons. The van der Waals surface area contributed by atoms with Crippen LogP contribution in [0.25, 0.3) is 0 Å². The summed E-state index contributed by atoms with van der Waals surface area (Å²) in [7, 11) is 0. The molecule has 1 aromatic carbocycles. The van der Waals surface area contributed by atoms with Gasteiger partial charge >= 0.3 is 0 Å². The van der Waals surface area contributed by atoms with E-state index in [4.69, 9.17) is 0 Å². The summed E-state index contributed by atoms with van der Waals surface area (Å²) in [5.74, 6) is -0.335. The predicted octanol–water partition coefficient (Wildman–Crippen LogP) is 3.25. The number of phenolic OH excluding ortho intramolecular Hbond substituents is 2. The summed E-state index contributed by atoms with van der Waals surface area (Å²) in [6.45, 7) is 5.32. The van der Waals surface area contributed by atoms with Crippen LogP contribution in [0, 0.1) is 13.8 Å². The summed E-state index contributed by atoms with van der Waals surface area (Å²) in [6.07, 6.45) is 5.07. The monoisotopic (exact) mass is 234 g/mol. The maximum absolute atomic E-state index is 11.8. The van der Waals surface area contributed by atoms with Crippen molar-refractivity contribution in [3.05, 3.63) is 34.9 Å². The topological polar surface area (TPSA) is 57.5 Å². The minimum Gasteiger partial charge on any atom is -0.507 e. The molecule has 0 fully saturated rings. The fourth-order valence-corrected chi connectivity index (χ4v) is 1.60. The lowest BCUT2D eigenvalue weighted by atomic mass is 10.0. The minimum atomic E-state index is -0.234. The van der Waals surface area contributed by atoms with Crippen molar-refractivity contribution in [3.8, 4) is 11.5 Å². The number of allylic oxidation sites excluding steroid dienone is 2. The lowest BCUT2D eigenvalue weighted by Crippen LogP contribution is -1.98. The van der Waals surface area contributed by atoms with Crippen LogP contribution in [0.1, 0.15) is 41.3 Å². The highest BCUT2D eigenvalue weighted by Crippen LogP contribution is 2.33. The first kappa shape index (κ1) is 13.3. The normalized spacial score (nSPS) is 11.0. The van der Waals surface area contributed by atoms with Gasteiger partial charge in [0.1, 0.15) is 11.5 Å². The van der Waals surface area contributed by atoms with Crippen LogP contribution in [0.2, 0.25) is 0 Å². The first-order valence-electron chi connectivity index (χ1n) is 5.72. The third-order valence-electron chi connectivity index (χ3n) is 2.69. The van der Waals surface area contributed by atoms with Gasteiger partial charge in [-0.1, -0.05) is 19.4 Å². The van der Waals surface area contributed by atoms with E-state index in [1.165, 1.54) is 12.1 Å². The van der Waals surface area contributed by atoms with Gasteiger partial charge in [0, 0.05) is 5.56 Å². The SMILES string of the molecule is CCCC=CC(=O)c1cc(C)c(O)c(C)c1O. The molecular formula is C14H18O3. The molecule has 0 bridgehead atoms. The highest BCUT2D eigenvalue weighted by molar-refractivity contribution is 6.07. The van der Waals surface area contributed by atoms with E-state index in [2.05, 4.69) is 0 Å². The number of rotatable bonds is 4. The van der Waals surface area contributed by atoms with Gasteiger partial charge in [-0.15, -0.1) is 0 Å². The van der Waals surface area contributed by atoms with Gasteiger partial charge in [-0.3, -0.25) is 4.79 Å². The van der Waals surface area contributed by atoms with Gasteiger partial charge in [-0.2, -0.15) is 0 Å². The summed E-state index contributed by atoms with van der Waals surface area (Å²) in [6, 6.07) is 1.51. The van der Waals surface area contributed by atoms with E-state index in [1.54, 1.807) is 19.9 Å². The highest BCUT2D eigenvalue weighted by Gasteiger charge is 2.15. The fourth-order valence-electron chi connectivity index (χ4n) is 1.60. The molecule has 0 saturated carbocycles. The van der Waals surface area contributed by atoms with E-state index in [0.29, 0.717) is 11.1 Å². The third kappa shape index (κ3) is 2.87. The Kier molecular flexibility index (Phi) is 4.32. The number of unbranched alkanes of at least 4 members (excludes halogenated alkanes) is 1. The van der Waals surface area contributed by atoms with Crippen LogP contribution < -0.4 is 0 Å². The van der Waals surface area contributed by atoms with Gasteiger partial charge in [0.15, 0.2) is 5.78 Å². The maximum Gasteiger partial charge on any atom is 0.189 e. The standard InChI is InChI=1S/C14H18O3/c1-4-5-6-7-12(15)11-8-9(2)13(16)10(3)14(11)17/h6-8,16-17H,4-5H2,1-3H3. The second-order valence-electron chi connectivity index (χ2n) is 4.12. The number of ketones is 1. The predicted molar refractivity (Wildman–Crippen MR) is 67.6 cm³/mol. The molecule has 0 aromatic heterocycles. The molecule has 0 amide bonds. The zero-order valence-electron chi connectivity index (χ0n) is 10.4. The van der Waals surface area contributed by atoms with Crippen molar-refractivity contribution in [3.63, 3.8) is 0 Å². The molecule has 0 saturated heterocycles. The maximum atomic E-state index is 11.8. The number of hydrogen-bond acceptors (Lipinski definition) is 3. The lowest BCUT2D eigenvalue weighted by Gasteiger charge is -2.09. The number of phenols is 2. The van der Waals surface area contributed by atoms with Crippen molar-refractivity contribution in [2.45, 2.75) is 33.6 Å². The van der Waals surface area contributed by atoms with Crippen molar-refractivity contribution in [2.24, 2.45) is 0 Å². The van der Waals surface area contributed by atoms with E-state index in [0.717, 1.165) is 12.8 Å². The van der Waals surface area contributed by atoms with E-state index in [1.807, 2.05) is 6.92 Å². The molecule has 17 heavy (non-hydrogen) atoms. The molecule has 0 heterocycles. The Balaban J connectivity index is 3.11. The molecule has 0 atom stereocenters. The number of aryl methyl sites for hydroxylation is 1. The Labute approximate surface area is 101 Å². The molecule has 0 unspecified atom stereocenters. The van der Waals surface area contributed by atoms with Crippen LogP contribution in [-0.4, -0.2) is 16.0 Å². The minimum absolute atomic E-state index is 0.0385. The molecular weight excluding hydrogens is 216 g/mol. The number of aromatic hydroxyl groups is 2. The van der Waals surface area contributed by atoms with Crippen molar-refractivity contribution in [2.75, 3.05) is 0 Å². The summed E-state index contributed by atoms with van der Waals surface area (Å²) in [4.78, 5) is 11.8. The number of benzene rings is 1. The molecule has 1 aromatic rings. The molecule has 0 aliphatic carbocycles. The average Bonchev–Trinajstić information content (AvgIpc) is 2.31. The largest absolute Gasteiger partial charge is 0.507 e. The summed E-state index contributed by atoms with van der Waals surface area (Å²) in [5, 5.41) is 19.4. The van der Waals surface area contributed by atoms with Crippen molar-refractivity contribution < 1.29 is 15.0 Å². The number of carbonyl (C=O) groups excluding carboxylic acids is 1. The molecule has 0 radical (unpaired) electrons. The van der Waals surface area contributed by atoms with Crippen LogP contribution in [0.15, 0.2) is 18.2 Å². The smallest absolute Gasteiger partial charge is 0.189 e. The molecule has 0 aliphatic heterocycles.